The standard InChI is InChI=1S/C25H22N4O2S2/c30-23(28-15-17-7-2-1-3-8-17)22-19-9-4-5-10-20(19)32-24(22)29-16-18-11-12-21(31-18)33-25-26-13-6-14-27-25/h1-3,6-8,11-14,16H,4-5,9-10,15H2,(H,28,30). The van der Waals surface area contributed by atoms with E-state index < -0.39 is 0 Å². The SMILES string of the molecule is O=C(NCc1ccccc1)c1c(N=Cc2ccc(Sc3ncccn3)o2)sc2c1CCCC2. The van der Waals surface area contributed by atoms with Crippen LogP contribution in [0.1, 0.15) is 45.0 Å². The lowest BCUT2D eigenvalue weighted by atomic mass is 9.95. The zero-order valence-electron chi connectivity index (χ0n) is 17.9. The second kappa shape index (κ2) is 10.1. The average Bonchev–Trinajstić information content (AvgIpc) is 3.46. The van der Waals surface area contributed by atoms with Crippen molar-refractivity contribution in [2.24, 2.45) is 4.99 Å². The van der Waals surface area contributed by atoms with Crippen LogP contribution in [0.3, 0.4) is 0 Å². The van der Waals surface area contributed by atoms with Crippen LogP contribution in [0.2, 0.25) is 0 Å². The van der Waals surface area contributed by atoms with Gasteiger partial charge in [-0.2, -0.15) is 0 Å². The first-order valence-electron chi connectivity index (χ1n) is 10.8. The van der Waals surface area contributed by atoms with Crippen LogP contribution in [0, 0.1) is 0 Å². The normalized spacial score (nSPS) is 13.2. The van der Waals surface area contributed by atoms with Crippen LogP contribution in [-0.4, -0.2) is 22.1 Å². The van der Waals surface area contributed by atoms with Gasteiger partial charge in [-0.05, 0) is 66.8 Å². The highest BCUT2D eigenvalue weighted by molar-refractivity contribution is 7.99. The first-order valence-corrected chi connectivity index (χ1v) is 12.4. The van der Waals surface area contributed by atoms with Crippen molar-refractivity contribution in [3.05, 3.63) is 88.3 Å². The fourth-order valence-corrected chi connectivity index (χ4v) is 5.66. The van der Waals surface area contributed by atoms with Gasteiger partial charge in [0.2, 0.25) is 0 Å². The van der Waals surface area contributed by atoms with E-state index in [1.807, 2.05) is 42.5 Å². The highest BCUT2D eigenvalue weighted by Crippen LogP contribution is 2.40. The number of hydrogen-bond acceptors (Lipinski definition) is 7. The van der Waals surface area contributed by atoms with Gasteiger partial charge in [0.05, 0.1) is 11.8 Å². The number of carbonyl (C=O) groups is 1. The summed E-state index contributed by atoms with van der Waals surface area (Å²) >= 11 is 2.97. The van der Waals surface area contributed by atoms with Gasteiger partial charge in [-0.25, -0.2) is 15.0 Å². The number of nitrogens with zero attached hydrogens (tertiary/aromatic N) is 3. The lowest BCUT2D eigenvalue weighted by Gasteiger charge is -2.12. The zero-order chi connectivity index (χ0) is 22.5. The number of hydrogen-bond donors (Lipinski definition) is 1. The molecule has 0 saturated heterocycles. The molecule has 0 saturated carbocycles. The molecule has 3 aromatic heterocycles. The summed E-state index contributed by atoms with van der Waals surface area (Å²) in [5, 5.41) is 5.13. The van der Waals surface area contributed by atoms with Gasteiger partial charge in [0.15, 0.2) is 10.2 Å². The summed E-state index contributed by atoms with van der Waals surface area (Å²) in [5.41, 5.74) is 2.93. The van der Waals surface area contributed by atoms with Crippen LogP contribution in [0.15, 0.2) is 80.6 Å². The minimum Gasteiger partial charge on any atom is -0.448 e. The number of furan rings is 1. The lowest BCUT2D eigenvalue weighted by Crippen LogP contribution is -2.24. The molecule has 1 aliphatic carbocycles. The zero-order valence-corrected chi connectivity index (χ0v) is 19.5. The molecule has 0 unspecified atom stereocenters. The first-order chi connectivity index (χ1) is 16.3. The van der Waals surface area contributed by atoms with Gasteiger partial charge in [-0.1, -0.05) is 30.3 Å². The molecule has 1 aliphatic rings. The Bertz CT molecular complexity index is 1270. The smallest absolute Gasteiger partial charge is 0.254 e. The molecule has 0 atom stereocenters. The monoisotopic (exact) mass is 474 g/mol. The quantitative estimate of drug-likeness (QED) is 0.269. The highest BCUT2D eigenvalue weighted by atomic mass is 32.2. The third kappa shape index (κ3) is 5.23. The van der Waals surface area contributed by atoms with E-state index >= 15 is 0 Å². The topological polar surface area (TPSA) is 80.4 Å². The number of aliphatic imine (C=N–C) groups is 1. The number of benzene rings is 1. The summed E-state index contributed by atoms with van der Waals surface area (Å²) in [4.78, 5) is 27.5. The van der Waals surface area contributed by atoms with Crippen LogP contribution >= 0.6 is 23.1 Å². The van der Waals surface area contributed by atoms with Crippen LogP contribution in [0.25, 0.3) is 0 Å². The molecule has 0 radical (unpaired) electrons. The van der Waals surface area contributed by atoms with E-state index in [1.54, 1.807) is 36.0 Å². The van der Waals surface area contributed by atoms with E-state index in [-0.39, 0.29) is 5.91 Å². The summed E-state index contributed by atoms with van der Waals surface area (Å²) in [6, 6.07) is 15.4. The lowest BCUT2D eigenvalue weighted by molar-refractivity contribution is 0.0951. The Morgan fingerprint density at radius 1 is 1.09 bits per heavy atom. The minimum absolute atomic E-state index is 0.0673. The fraction of sp³-hybridized carbons (Fsp3) is 0.200. The Labute approximate surface area is 200 Å². The Balaban J connectivity index is 1.35. The average molecular weight is 475 g/mol. The number of fused-ring (bicyclic) bond motifs is 1. The van der Waals surface area contributed by atoms with Crippen molar-refractivity contribution in [1.82, 2.24) is 15.3 Å². The van der Waals surface area contributed by atoms with Gasteiger partial charge in [0.1, 0.15) is 10.8 Å². The second-order valence-electron chi connectivity index (χ2n) is 7.61. The predicted octanol–water partition coefficient (Wildman–Crippen LogP) is 5.84. The van der Waals surface area contributed by atoms with Gasteiger partial charge >= 0.3 is 0 Å². The molecular weight excluding hydrogens is 452 g/mol. The third-order valence-electron chi connectivity index (χ3n) is 5.32. The van der Waals surface area contributed by atoms with E-state index in [1.165, 1.54) is 16.6 Å². The van der Waals surface area contributed by atoms with Crippen molar-refractivity contribution in [3.8, 4) is 0 Å². The Morgan fingerprint density at radius 2 is 1.91 bits per heavy atom. The maximum Gasteiger partial charge on any atom is 0.254 e. The van der Waals surface area contributed by atoms with Gasteiger partial charge in [0.25, 0.3) is 5.91 Å². The molecule has 0 spiro atoms. The molecule has 0 fully saturated rings. The molecule has 1 N–H and O–H groups in total. The third-order valence-corrected chi connectivity index (χ3v) is 7.33. The van der Waals surface area contributed by atoms with Crippen LogP contribution < -0.4 is 5.32 Å². The molecule has 166 valence electrons. The van der Waals surface area contributed by atoms with Gasteiger partial charge in [0, 0.05) is 23.8 Å². The van der Waals surface area contributed by atoms with Crippen molar-refractivity contribution < 1.29 is 9.21 Å². The van der Waals surface area contributed by atoms with Crippen molar-refractivity contribution in [2.45, 2.75) is 42.5 Å². The maximum absolute atomic E-state index is 13.2. The van der Waals surface area contributed by atoms with E-state index in [2.05, 4.69) is 20.3 Å². The van der Waals surface area contributed by atoms with Crippen molar-refractivity contribution in [3.63, 3.8) is 0 Å². The summed E-state index contributed by atoms with van der Waals surface area (Å²) in [5.74, 6) is 0.553. The molecular formula is C25H22N4O2S2. The van der Waals surface area contributed by atoms with Gasteiger partial charge in [-0.15, -0.1) is 11.3 Å². The van der Waals surface area contributed by atoms with E-state index in [0.717, 1.165) is 41.8 Å². The molecule has 5 rings (SSSR count). The summed E-state index contributed by atoms with van der Waals surface area (Å²) in [6.45, 7) is 0.494. The van der Waals surface area contributed by atoms with Gasteiger partial charge < -0.3 is 9.73 Å². The van der Waals surface area contributed by atoms with Crippen molar-refractivity contribution in [2.75, 3.05) is 0 Å². The number of rotatable bonds is 7. The molecule has 0 aliphatic heterocycles. The molecule has 6 nitrogen and oxygen atoms in total. The minimum atomic E-state index is -0.0673. The number of carbonyl (C=O) groups excluding carboxylic acids is 1. The fourth-order valence-electron chi connectivity index (χ4n) is 3.75. The second-order valence-corrected chi connectivity index (χ2v) is 9.66. The van der Waals surface area contributed by atoms with Crippen molar-refractivity contribution in [1.29, 1.82) is 0 Å². The maximum atomic E-state index is 13.2. The number of thiophene rings is 1. The molecule has 3 heterocycles. The van der Waals surface area contributed by atoms with E-state index in [4.69, 9.17) is 4.42 Å². The Morgan fingerprint density at radius 3 is 2.76 bits per heavy atom. The van der Waals surface area contributed by atoms with Crippen molar-refractivity contribution >= 4 is 40.2 Å². The predicted molar refractivity (Wildman–Crippen MR) is 131 cm³/mol. The van der Waals surface area contributed by atoms with Gasteiger partial charge in [-0.3, -0.25) is 4.79 Å². The Hall–Kier alpha value is -3.23. The summed E-state index contributed by atoms with van der Waals surface area (Å²) < 4.78 is 5.85. The number of nitrogens with one attached hydrogen (secondary N) is 1. The summed E-state index contributed by atoms with van der Waals surface area (Å²) in [6.07, 6.45) is 9.27. The number of amides is 1. The highest BCUT2D eigenvalue weighted by Gasteiger charge is 2.25. The Kier molecular flexibility index (Phi) is 6.64. The van der Waals surface area contributed by atoms with Crippen LogP contribution in [-0.2, 0) is 19.4 Å². The van der Waals surface area contributed by atoms with E-state index in [0.29, 0.717) is 28.1 Å². The number of aromatic nitrogens is 2. The molecule has 0 bridgehead atoms. The molecule has 33 heavy (non-hydrogen) atoms. The number of aryl methyl sites for hydroxylation is 1. The first kappa shape index (κ1) is 21.6. The molecule has 8 heteroatoms. The molecule has 1 aromatic carbocycles. The van der Waals surface area contributed by atoms with E-state index in [9.17, 15) is 4.79 Å². The van der Waals surface area contributed by atoms with Crippen LogP contribution in [0.4, 0.5) is 5.00 Å². The molecule has 4 aromatic rings. The molecule has 1 amide bonds. The largest absolute Gasteiger partial charge is 0.448 e. The summed E-state index contributed by atoms with van der Waals surface area (Å²) in [7, 11) is 0. The van der Waals surface area contributed by atoms with Crippen LogP contribution in [0.5, 0.6) is 0 Å².